The van der Waals surface area contributed by atoms with Crippen LogP contribution in [0.1, 0.15) is 12.5 Å². The smallest absolute Gasteiger partial charge is 0.340 e. The lowest BCUT2D eigenvalue weighted by Crippen LogP contribution is -2.05. The molecule has 0 spiro atoms. The Bertz CT molecular complexity index is 456. The standard InChI is InChI=1S/C9H11N5O2/c1-3-16-9(15)8(12-13-10)4-7-5-11-14(2)6-7/h4-6H,3H2,1-2H3/b8-4-. The lowest BCUT2D eigenvalue weighted by molar-refractivity contribution is -0.138. The molecular weight excluding hydrogens is 210 g/mol. The normalized spacial score (nSPS) is 10.8. The second-order valence-corrected chi connectivity index (χ2v) is 2.89. The SMILES string of the molecule is CCOC(=O)/C(=C/c1cnn(C)c1)N=[N+]=[N-]. The molecule has 0 unspecified atom stereocenters. The largest absolute Gasteiger partial charge is 0.462 e. The molecule has 16 heavy (non-hydrogen) atoms. The first kappa shape index (κ1) is 11.8. The summed E-state index contributed by atoms with van der Waals surface area (Å²) >= 11 is 0. The topological polar surface area (TPSA) is 92.9 Å². The molecule has 1 rings (SSSR count). The van der Waals surface area contributed by atoms with Gasteiger partial charge in [-0.1, -0.05) is 5.11 Å². The summed E-state index contributed by atoms with van der Waals surface area (Å²) in [5, 5.41) is 7.20. The van der Waals surface area contributed by atoms with E-state index in [1.165, 1.54) is 6.08 Å². The first-order valence-corrected chi connectivity index (χ1v) is 4.60. The molecule has 1 heterocycles. The second kappa shape index (κ2) is 5.57. The number of aromatic nitrogens is 2. The monoisotopic (exact) mass is 221 g/mol. The lowest BCUT2D eigenvalue weighted by Gasteiger charge is -1.99. The van der Waals surface area contributed by atoms with E-state index in [0.29, 0.717) is 5.56 Å². The highest BCUT2D eigenvalue weighted by molar-refractivity contribution is 5.93. The summed E-state index contributed by atoms with van der Waals surface area (Å²) in [7, 11) is 1.74. The van der Waals surface area contributed by atoms with Gasteiger partial charge in [0.25, 0.3) is 0 Å². The fourth-order valence-electron chi connectivity index (χ4n) is 1.05. The Morgan fingerprint density at radius 1 is 1.81 bits per heavy atom. The van der Waals surface area contributed by atoms with Gasteiger partial charge in [0.2, 0.25) is 0 Å². The summed E-state index contributed by atoms with van der Waals surface area (Å²) in [6, 6.07) is 0. The van der Waals surface area contributed by atoms with Gasteiger partial charge in [-0.3, -0.25) is 4.68 Å². The van der Waals surface area contributed by atoms with Gasteiger partial charge in [0.1, 0.15) is 5.70 Å². The molecule has 84 valence electrons. The molecule has 0 amide bonds. The summed E-state index contributed by atoms with van der Waals surface area (Å²) in [5.74, 6) is -0.649. The number of hydrogen-bond donors (Lipinski definition) is 0. The van der Waals surface area contributed by atoms with E-state index in [1.54, 1.807) is 31.0 Å². The molecule has 7 heteroatoms. The van der Waals surface area contributed by atoms with Crippen molar-refractivity contribution in [3.8, 4) is 0 Å². The summed E-state index contributed by atoms with van der Waals surface area (Å²) in [4.78, 5) is 13.9. The Kier molecular flexibility index (Phi) is 4.11. The van der Waals surface area contributed by atoms with Crippen LogP contribution in [0.15, 0.2) is 23.2 Å². The van der Waals surface area contributed by atoms with E-state index in [0.717, 1.165) is 0 Å². The summed E-state index contributed by atoms with van der Waals surface area (Å²) < 4.78 is 6.31. The summed E-state index contributed by atoms with van der Waals surface area (Å²) in [6.07, 6.45) is 4.66. The highest BCUT2D eigenvalue weighted by Gasteiger charge is 2.08. The van der Waals surface area contributed by atoms with E-state index in [9.17, 15) is 4.79 Å². The van der Waals surface area contributed by atoms with Crippen molar-refractivity contribution >= 4 is 12.0 Å². The zero-order valence-electron chi connectivity index (χ0n) is 8.99. The van der Waals surface area contributed by atoms with Crippen LogP contribution in [0.3, 0.4) is 0 Å². The van der Waals surface area contributed by atoms with Crippen LogP contribution < -0.4 is 0 Å². The van der Waals surface area contributed by atoms with E-state index < -0.39 is 5.97 Å². The molecule has 0 atom stereocenters. The molecule has 0 fully saturated rings. The van der Waals surface area contributed by atoms with Crippen LogP contribution >= 0.6 is 0 Å². The number of hydrogen-bond acceptors (Lipinski definition) is 4. The van der Waals surface area contributed by atoms with Crippen LogP contribution in [-0.4, -0.2) is 22.4 Å². The average molecular weight is 221 g/mol. The first-order chi connectivity index (χ1) is 7.67. The van der Waals surface area contributed by atoms with Crippen LogP contribution in [0.5, 0.6) is 0 Å². The molecule has 1 aromatic rings. The number of azide groups is 1. The van der Waals surface area contributed by atoms with Gasteiger partial charge in [-0.05, 0) is 18.5 Å². The van der Waals surface area contributed by atoms with Gasteiger partial charge in [0, 0.05) is 23.7 Å². The molecule has 0 aliphatic carbocycles. The van der Waals surface area contributed by atoms with Crippen LogP contribution in [0.25, 0.3) is 16.5 Å². The maximum Gasteiger partial charge on any atom is 0.340 e. The number of rotatable bonds is 4. The van der Waals surface area contributed by atoms with Crippen molar-refractivity contribution in [2.75, 3.05) is 6.61 Å². The fraction of sp³-hybridized carbons (Fsp3) is 0.333. The third kappa shape index (κ3) is 3.14. The van der Waals surface area contributed by atoms with Crippen LogP contribution in [0.2, 0.25) is 0 Å². The number of carbonyl (C=O) groups is 1. The number of carbonyl (C=O) groups excluding carboxylic acids is 1. The predicted molar refractivity (Wildman–Crippen MR) is 57.0 cm³/mol. The predicted octanol–water partition coefficient (Wildman–Crippen LogP) is 1.63. The van der Waals surface area contributed by atoms with Crippen molar-refractivity contribution in [3.63, 3.8) is 0 Å². The van der Waals surface area contributed by atoms with Gasteiger partial charge in [-0.15, -0.1) is 0 Å². The quantitative estimate of drug-likeness (QED) is 0.254. The number of esters is 1. The molecule has 1 aromatic heterocycles. The summed E-state index contributed by atoms with van der Waals surface area (Å²) in [5.41, 5.74) is 8.90. The van der Waals surface area contributed by atoms with Gasteiger partial charge in [0.05, 0.1) is 12.8 Å². The number of aryl methyl sites for hydroxylation is 1. The average Bonchev–Trinajstić information content (AvgIpc) is 2.64. The van der Waals surface area contributed by atoms with E-state index in [2.05, 4.69) is 15.1 Å². The molecule has 7 nitrogen and oxygen atoms in total. The van der Waals surface area contributed by atoms with Gasteiger partial charge < -0.3 is 4.74 Å². The van der Waals surface area contributed by atoms with Gasteiger partial charge in [-0.25, -0.2) is 4.79 Å². The Morgan fingerprint density at radius 3 is 3.06 bits per heavy atom. The van der Waals surface area contributed by atoms with Gasteiger partial charge >= 0.3 is 5.97 Å². The molecule has 0 saturated carbocycles. The molecule has 0 bridgehead atoms. The number of ether oxygens (including phenoxy) is 1. The molecule has 0 N–H and O–H groups in total. The van der Waals surface area contributed by atoms with Crippen molar-refractivity contribution < 1.29 is 9.53 Å². The zero-order valence-corrected chi connectivity index (χ0v) is 8.99. The lowest BCUT2D eigenvalue weighted by atomic mass is 10.3. The molecule has 0 aliphatic rings. The first-order valence-electron chi connectivity index (χ1n) is 4.60. The maximum absolute atomic E-state index is 11.4. The van der Waals surface area contributed by atoms with Crippen LogP contribution in [0, 0.1) is 0 Å². The Hall–Kier alpha value is -2.27. The van der Waals surface area contributed by atoms with Crippen molar-refractivity contribution in [2.45, 2.75) is 6.92 Å². The van der Waals surface area contributed by atoms with Gasteiger partial charge in [0.15, 0.2) is 0 Å². The van der Waals surface area contributed by atoms with Crippen LogP contribution in [0.4, 0.5) is 0 Å². The molecule has 0 saturated heterocycles. The molecule has 0 aromatic carbocycles. The third-order valence-electron chi connectivity index (χ3n) is 1.67. The van der Waals surface area contributed by atoms with Crippen molar-refractivity contribution in [3.05, 3.63) is 34.1 Å². The van der Waals surface area contributed by atoms with Crippen molar-refractivity contribution in [2.24, 2.45) is 12.2 Å². The highest BCUT2D eigenvalue weighted by Crippen LogP contribution is 2.09. The third-order valence-corrected chi connectivity index (χ3v) is 1.67. The van der Waals surface area contributed by atoms with Gasteiger partial charge in [-0.2, -0.15) is 5.10 Å². The Balaban J connectivity index is 2.97. The van der Waals surface area contributed by atoms with E-state index in [4.69, 9.17) is 10.3 Å². The highest BCUT2D eigenvalue weighted by atomic mass is 16.5. The Morgan fingerprint density at radius 2 is 2.56 bits per heavy atom. The zero-order chi connectivity index (χ0) is 12.0. The van der Waals surface area contributed by atoms with E-state index >= 15 is 0 Å². The minimum atomic E-state index is -0.649. The Labute approximate surface area is 91.9 Å². The second-order valence-electron chi connectivity index (χ2n) is 2.89. The summed E-state index contributed by atoms with van der Waals surface area (Å²) in [6.45, 7) is 1.90. The molecule has 0 aliphatic heterocycles. The van der Waals surface area contributed by atoms with Crippen molar-refractivity contribution in [1.82, 2.24) is 9.78 Å². The maximum atomic E-state index is 11.4. The van der Waals surface area contributed by atoms with Crippen molar-refractivity contribution in [1.29, 1.82) is 0 Å². The fourth-order valence-corrected chi connectivity index (χ4v) is 1.05. The number of nitrogens with zero attached hydrogens (tertiary/aromatic N) is 5. The van der Waals surface area contributed by atoms with E-state index in [-0.39, 0.29) is 12.3 Å². The molecular formula is C9H11N5O2. The molecule has 0 radical (unpaired) electrons. The van der Waals surface area contributed by atoms with Crippen LogP contribution in [-0.2, 0) is 16.6 Å². The minimum absolute atomic E-state index is 0.0858. The van der Waals surface area contributed by atoms with E-state index in [1.807, 2.05) is 0 Å². The minimum Gasteiger partial charge on any atom is -0.462 e.